The number of nitrogens with zero attached hydrogens (tertiary/aromatic N) is 1. The Labute approximate surface area is 116 Å². The van der Waals surface area contributed by atoms with E-state index in [-0.39, 0.29) is 11.9 Å². The summed E-state index contributed by atoms with van der Waals surface area (Å²) in [5.74, 6) is 0.667. The number of hydrogen-bond acceptors (Lipinski definition) is 4. The van der Waals surface area contributed by atoms with Crippen molar-refractivity contribution in [3.8, 4) is 0 Å². The zero-order valence-electron chi connectivity index (χ0n) is 11.0. The van der Waals surface area contributed by atoms with Crippen molar-refractivity contribution in [1.82, 2.24) is 10.3 Å². The average Bonchev–Trinajstić information content (AvgIpc) is 2.91. The maximum Gasteiger partial charge on any atom is 0.253 e. The monoisotopic (exact) mass is 275 g/mol. The van der Waals surface area contributed by atoms with Gasteiger partial charge in [0, 0.05) is 19.3 Å². The SMILES string of the molecule is CNc1ccc(C(=O)NC(C)Cc2ccsc2)cn1. The fraction of sp³-hybridized carbons (Fsp3) is 0.286. The lowest BCUT2D eigenvalue weighted by atomic mass is 10.1. The standard InChI is InChI=1S/C14H17N3OS/c1-10(7-11-5-6-19-9-11)17-14(18)12-3-4-13(15-2)16-8-12/h3-6,8-10H,7H2,1-2H3,(H,15,16)(H,17,18). The number of rotatable bonds is 5. The van der Waals surface area contributed by atoms with Crippen LogP contribution in [-0.2, 0) is 6.42 Å². The molecule has 2 aromatic heterocycles. The molecular weight excluding hydrogens is 258 g/mol. The van der Waals surface area contributed by atoms with Crippen molar-refractivity contribution in [2.75, 3.05) is 12.4 Å². The summed E-state index contributed by atoms with van der Waals surface area (Å²) in [6.45, 7) is 2.00. The number of amides is 1. The maximum atomic E-state index is 12.0. The molecule has 0 aliphatic rings. The van der Waals surface area contributed by atoms with Crippen LogP contribution in [0.3, 0.4) is 0 Å². The van der Waals surface area contributed by atoms with Crippen LogP contribution in [0.1, 0.15) is 22.8 Å². The van der Waals surface area contributed by atoms with Gasteiger partial charge in [0.15, 0.2) is 0 Å². The van der Waals surface area contributed by atoms with Crippen LogP contribution < -0.4 is 10.6 Å². The van der Waals surface area contributed by atoms with Crippen LogP contribution in [0, 0.1) is 0 Å². The quantitative estimate of drug-likeness (QED) is 0.881. The van der Waals surface area contributed by atoms with E-state index in [1.165, 1.54) is 5.56 Å². The van der Waals surface area contributed by atoms with Gasteiger partial charge in [0.25, 0.3) is 5.91 Å². The van der Waals surface area contributed by atoms with E-state index < -0.39 is 0 Å². The lowest BCUT2D eigenvalue weighted by Crippen LogP contribution is -2.34. The summed E-state index contributed by atoms with van der Waals surface area (Å²) in [5, 5.41) is 10.0. The molecule has 100 valence electrons. The lowest BCUT2D eigenvalue weighted by molar-refractivity contribution is 0.0940. The second-order valence-corrected chi connectivity index (χ2v) is 5.17. The Morgan fingerprint density at radius 2 is 2.26 bits per heavy atom. The molecule has 0 saturated carbocycles. The van der Waals surface area contributed by atoms with E-state index in [9.17, 15) is 4.79 Å². The molecule has 2 rings (SSSR count). The summed E-state index contributed by atoms with van der Waals surface area (Å²) < 4.78 is 0. The Balaban J connectivity index is 1.92. The van der Waals surface area contributed by atoms with Crippen molar-refractivity contribution >= 4 is 23.1 Å². The van der Waals surface area contributed by atoms with Crippen molar-refractivity contribution in [1.29, 1.82) is 0 Å². The number of thiophene rings is 1. The van der Waals surface area contributed by atoms with Crippen LogP contribution in [0.25, 0.3) is 0 Å². The maximum absolute atomic E-state index is 12.0. The first-order valence-electron chi connectivity index (χ1n) is 6.15. The van der Waals surface area contributed by atoms with Gasteiger partial charge in [-0.1, -0.05) is 0 Å². The summed E-state index contributed by atoms with van der Waals surface area (Å²) >= 11 is 1.67. The predicted octanol–water partition coefficient (Wildman–Crippen LogP) is 2.55. The number of aromatic nitrogens is 1. The zero-order chi connectivity index (χ0) is 13.7. The number of anilines is 1. The fourth-order valence-corrected chi connectivity index (χ4v) is 2.48. The van der Waals surface area contributed by atoms with Crippen LogP contribution in [0.5, 0.6) is 0 Å². The van der Waals surface area contributed by atoms with Crippen LogP contribution in [0.15, 0.2) is 35.2 Å². The van der Waals surface area contributed by atoms with Crippen molar-refractivity contribution in [3.05, 3.63) is 46.3 Å². The smallest absolute Gasteiger partial charge is 0.253 e. The normalized spacial score (nSPS) is 11.9. The predicted molar refractivity (Wildman–Crippen MR) is 78.7 cm³/mol. The molecule has 0 aliphatic carbocycles. The highest BCUT2D eigenvalue weighted by Gasteiger charge is 2.10. The molecule has 2 N–H and O–H groups in total. The van der Waals surface area contributed by atoms with E-state index in [1.807, 2.05) is 12.3 Å². The van der Waals surface area contributed by atoms with E-state index in [0.29, 0.717) is 5.56 Å². The van der Waals surface area contributed by atoms with Gasteiger partial charge < -0.3 is 10.6 Å². The molecule has 0 spiro atoms. The van der Waals surface area contributed by atoms with Gasteiger partial charge in [0.1, 0.15) is 5.82 Å². The topological polar surface area (TPSA) is 54.0 Å². The van der Waals surface area contributed by atoms with Crippen molar-refractivity contribution < 1.29 is 4.79 Å². The molecule has 5 heteroatoms. The molecule has 1 unspecified atom stereocenters. The minimum absolute atomic E-state index is 0.0853. The first-order chi connectivity index (χ1) is 9.19. The number of carbonyl (C=O) groups excluding carboxylic acids is 1. The van der Waals surface area contributed by atoms with Gasteiger partial charge in [0.2, 0.25) is 0 Å². The minimum Gasteiger partial charge on any atom is -0.373 e. The highest BCUT2D eigenvalue weighted by Crippen LogP contribution is 2.09. The largest absolute Gasteiger partial charge is 0.373 e. The summed E-state index contributed by atoms with van der Waals surface area (Å²) in [4.78, 5) is 16.1. The van der Waals surface area contributed by atoms with Crippen molar-refractivity contribution in [2.45, 2.75) is 19.4 Å². The van der Waals surface area contributed by atoms with E-state index in [0.717, 1.165) is 12.2 Å². The number of pyridine rings is 1. The number of hydrogen-bond donors (Lipinski definition) is 2. The summed E-state index contributed by atoms with van der Waals surface area (Å²) in [6.07, 6.45) is 2.43. The Kier molecular flexibility index (Phi) is 4.52. The minimum atomic E-state index is -0.0853. The molecule has 2 aromatic rings. The van der Waals surface area contributed by atoms with E-state index in [2.05, 4.69) is 27.1 Å². The highest BCUT2D eigenvalue weighted by molar-refractivity contribution is 7.07. The fourth-order valence-electron chi connectivity index (χ4n) is 1.80. The second kappa shape index (κ2) is 6.33. The summed E-state index contributed by atoms with van der Waals surface area (Å²) in [6, 6.07) is 5.74. The van der Waals surface area contributed by atoms with Gasteiger partial charge in [-0.05, 0) is 47.9 Å². The molecule has 1 amide bonds. The third kappa shape index (κ3) is 3.79. The molecular formula is C14H17N3OS. The van der Waals surface area contributed by atoms with E-state index in [1.54, 1.807) is 36.7 Å². The van der Waals surface area contributed by atoms with Crippen LogP contribution in [-0.4, -0.2) is 24.0 Å². The van der Waals surface area contributed by atoms with Gasteiger partial charge in [-0.3, -0.25) is 4.79 Å². The molecule has 1 atom stereocenters. The third-order valence-corrected chi connectivity index (χ3v) is 3.51. The summed E-state index contributed by atoms with van der Waals surface area (Å²) in [7, 11) is 1.80. The molecule has 0 radical (unpaired) electrons. The van der Waals surface area contributed by atoms with Crippen molar-refractivity contribution in [2.24, 2.45) is 0 Å². The van der Waals surface area contributed by atoms with Crippen LogP contribution >= 0.6 is 11.3 Å². The van der Waals surface area contributed by atoms with E-state index in [4.69, 9.17) is 0 Å². The molecule has 0 saturated heterocycles. The van der Waals surface area contributed by atoms with Crippen molar-refractivity contribution in [3.63, 3.8) is 0 Å². The van der Waals surface area contributed by atoms with Crippen LogP contribution in [0.2, 0.25) is 0 Å². The van der Waals surface area contributed by atoms with Gasteiger partial charge in [-0.25, -0.2) is 4.98 Å². The molecule has 0 aliphatic heterocycles. The molecule has 0 fully saturated rings. The van der Waals surface area contributed by atoms with Gasteiger partial charge in [-0.15, -0.1) is 0 Å². The molecule has 0 bridgehead atoms. The van der Waals surface area contributed by atoms with E-state index >= 15 is 0 Å². The third-order valence-electron chi connectivity index (χ3n) is 2.78. The van der Waals surface area contributed by atoms with Gasteiger partial charge >= 0.3 is 0 Å². The first-order valence-corrected chi connectivity index (χ1v) is 7.09. The number of carbonyl (C=O) groups is 1. The second-order valence-electron chi connectivity index (χ2n) is 4.39. The highest BCUT2D eigenvalue weighted by atomic mass is 32.1. The molecule has 0 aromatic carbocycles. The Bertz CT molecular complexity index is 522. The first kappa shape index (κ1) is 13.5. The van der Waals surface area contributed by atoms with Crippen LogP contribution in [0.4, 0.5) is 5.82 Å². The number of nitrogens with one attached hydrogen (secondary N) is 2. The molecule has 4 nitrogen and oxygen atoms in total. The Morgan fingerprint density at radius 3 is 2.84 bits per heavy atom. The summed E-state index contributed by atoms with van der Waals surface area (Å²) in [5.41, 5.74) is 1.83. The van der Waals surface area contributed by atoms with Gasteiger partial charge in [0.05, 0.1) is 5.56 Å². The zero-order valence-corrected chi connectivity index (χ0v) is 11.8. The van der Waals surface area contributed by atoms with Gasteiger partial charge in [-0.2, -0.15) is 11.3 Å². The Hall–Kier alpha value is -1.88. The molecule has 2 heterocycles. The lowest BCUT2D eigenvalue weighted by Gasteiger charge is -2.13. The Morgan fingerprint density at radius 1 is 1.42 bits per heavy atom. The molecule has 19 heavy (non-hydrogen) atoms. The average molecular weight is 275 g/mol.